The zero-order chi connectivity index (χ0) is 10.7. The van der Waals surface area contributed by atoms with Gasteiger partial charge in [0, 0.05) is 0 Å². The molecule has 76 valence electrons. The highest BCUT2D eigenvalue weighted by Gasteiger charge is 2.18. The zero-order valence-corrected chi connectivity index (χ0v) is 9.01. The molecule has 0 aliphatic heterocycles. The lowest BCUT2D eigenvalue weighted by atomic mass is 10.1. The van der Waals surface area contributed by atoms with Crippen LogP contribution in [0, 0.1) is 6.92 Å². The number of esters is 1. The van der Waals surface area contributed by atoms with Gasteiger partial charge in [-0.15, -0.1) is 0 Å². The van der Waals surface area contributed by atoms with Crippen LogP contribution in [-0.2, 0) is 4.74 Å². The topological polar surface area (TPSA) is 35.5 Å². The fourth-order valence-electron chi connectivity index (χ4n) is 1.22. The van der Waals surface area contributed by atoms with Crippen LogP contribution in [0.15, 0.2) is 12.1 Å². The van der Waals surface area contributed by atoms with Gasteiger partial charge in [0.05, 0.1) is 19.2 Å². The molecular formula is C10H11ClO3. The minimum atomic E-state index is -0.490. The first kappa shape index (κ1) is 10.9. The second kappa shape index (κ2) is 4.33. The normalized spacial score (nSPS) is 9.71. The van der Waals surface area contributed by atoms with E-state index < -0.39 is 5.97 Å². The molecule has 0 spiro atoms. The Morgan fingerprint density at radius 1 is 1.36 bits per heavy atom. The summed E-state index contributed by atoms with van der Waals surface area (Å²) in [6.07, 6.45) is 0. The third kappa shape index (κ3) is 1.82. The summed E-state index contributed by atoms with van der Waals surface area (Å²) in [5.74, 6) is -0.0279. The quantitative estimate of drug-likeness (QED) is 0.710. The molecule has 0 N–H and O–H groups in total. The predicted octanol–water partition coefficient (Wildman–Crippen LogP) is 2.44. The summed E-state index contributed by atoms with van der Waals surface area (Å²) in [6, 6.07) is 3.43. The van der Waals surface area contributed by atoms with Crippen molar-refractivity contribution in [2.45, 2.75) is 6.92 Å². The lowest BCUT2D eigenvalue weighted by Crippen LogP contribution is -2.06. The van der Waals surface area contributed by atoms with Gasteiger partial charge in [0.2, 0.25) is 0 Å². The average Bonchev–Trinajstić information content (AvgIpc) is 2.19. The smallest absolute Gasteiger partial charge is 0.343 e. The van der Waals surface area contributed by atoms with Gasteiger partial charge in [0.1, 0.15) is 11.3 Å². The summed E-state index contributed by atoms with van der Waals surface area (Å²) >= 11 is 5.87. The van der Waals surface area contributed by atoms with Crippen molar-refractivity contribution in [3.05, 3.63) is 28.3 Å². The van der Waals surface area contributed by atoms with Crippen LogP contribution < -0.4 is 4.74 Å². The predicted molar refractivity (Wildman–Crippen MR) is 54.1 cm³/mol. The van der Waals surface area contributed by atoms with Gasteiger partial charge in [-0.05, 0) is 18.6 Å². The Morgan fingerprint density at radius 3 is 2.50 bits per heavy atom. The average molecular weight is 215 g/mol. The molecular weight excluding hydrogens is 204 g/mol. The van der Waals surface area contributed by atoms with Crippen molar-refractivity contribution >= 4 is 17.6 Å². The van der Waals surface area contributed by atoms with Gasteiger partial charge in [0.25, 0.3) is 0 Å². The van der Waals surface area contributed by atoms with Crippen LogP contribution in [0.2, 0.25) is 5.02 Å². The molecule has 1 aromatic carbocycles. The second-order valence-corrected chi connectivity index (χ2v) is 3.17. The molecule has 0 amide bonds. The maximum absolute atomic E-state index is 11.4. The Bertz CT molecular complexity index is 361. The van der Waals surface area contributed by atoms with Gasteiger partial charge in [-0.2, -0.15) is 0 Å². The van der Waals surface area contributed by atoms with Crippen LogP contribution in [0.3, 0.4) is 0 Å². The number of carbonyl (C=O) groups excluding carboxylic acids is 1. The van der Waals surface area contributed by atoms with Crippen LogP contribution in [0.25, 0.3) is 0 Å². The molecule has 0 saturated carbocycles. The van der Waals surface area contributed by atoms with Gasteiger partial charge in [-0.1, -0.05) is 17.7 Å². The molecule has 3 nitrogen and oxygen atoms in total. The Morgan fingerprint density at radius 2 is 2.00 bits per heavy atom. The van der Waals surface area contributed by atoms with Crippen molar-refractivity contribution in [2.75, 3.05) is 14.2 Å². The number of ether oxygens (including phenoxy) is 2. The van der Waals surface area contributed by atoms with E-state index in [9.17, 15) is 4.79 Å². The fourth-order valence-corrected chi connectivity index (χ4v) is 1.44. The summed E-state index contributed by atoms with van der Waals surface area (Å²) in [5, 5.41) is 0.333. The standard InChI is InChI=1S/C10H11ClO3/c1-6-4-5-7(11)8(9(6)13-2)10(12)14-3/h4-5H,1-3H3. The van der Waals surface area contributed by atoms with Crippen LogP contribution >= 0.6 is 11.6 Å². The van der Waals surface area contributed by atoms with E-state index in [4.69, 9.17) is 16.3 Å². The van der Waals surface area contributed by atoms with Crippen molar-refractivity contribution in [2.24, 2.45) is 0 Å². The third-order valence-electron chi connectivity index (χ3n) is 1.90. The largest absolute Gasteiger partial charge is 0.496 e. The zero-order valence-electron chi connectivity index (χ0n) is 8.26. The molecule has 0 radical (unpaired) electrons. The molecule has 0 unspecified atom stereocenters. The van der Waals surface area contributed by atoms with Crippen molar-refractivity contribution in [3.63, 3.8) is 0 Å². The number of aryl methyl sites for hydroxylation is 1. The van der Waals surface area contributed by atoms with E-state index in [-0.39, 0.29) is 5.56 Å². The number of hydrogen-bond donors (Lipinski definition) is 0. The summed E-state index contributed by atoms with van der Waals surface area (Å²) < 4.78 is 9.71. The summed E-state index contributed by atoms with van der Waals surface area (Å²) in [4.78, 5) is 11.4. The summed E-state index contributed by atoms with van der Waals surface area (Å²) in [5.41, 5.74) is 1.12. The second-order valence-electron chi connectivity index (χ2n) is 2.76. The molecule has 0 heterocycles. The molecule has 0 aromatic heterocycles. The number of methoxy groups -OCH3 is 2. The minimum Gasteiger partial charge on any atom is -0.496 e. The molecule has 0 bridgehead atoms. The number of halogens is 1. The van der Waals surface area contributed by atoms with Gasteiger partial charge in [0.15, 0.2) is 0 Å². The molecule has 1 aromatic rings. The molecule has 0 aliphatic carbocycles. The van der Waals surface area contributed by atoms with E-state index in [1.54, 1.807) is 12.1 Å². The van der Waals surface area contributed by atoms with Gasteiger partial charge in [-0.3, -0.25) is 0 Å². The molecule has 0 fully saturated rings. The van der Waals surface area contributed by atoms with E-state index in [2.05, 4.69) is 4.74 Å². The maximum atomic E-state index is 11.4. The molecule has 0 saturated heterocycles. The van der Waals surface area contributed by atoms with Gasteiger partial charge < -0.3 is 9.47 Å². The molecule has 0 aliphatic rings. The lowest BCUT2D eigenvalue weighted by molar-refractivity contribution is 0.0597. The minimum absolute atomic E-state index is 0.275. The van der Waals surface area contributed by atoms with E-state index in [0.717, 1.165) is 5.56 Å². The number of hydrogen-bond acceptors (Lipinski definition) is 3. The Labute approximate surface area is 87.6 Å². The van der Waals surface area contributed by atoms with Crippen molar-refractivity contribution in [1.82, 2.24) is 0 Å². The van der Waals surface area contributed by atoms with Crippen LogP contribution in [-0.4, -0.2) is 20.2 Å². The first-order valence-electron chi connectivity index (χ1n) is 4.03. The van der Waals surface area contributed by atoms with Crippen molar-refractivity contribution in [1.29, 1.82) is 0 Å². The number of rotatable bonds is 2. The summed E-state index contributed by atoms with van der Waals surface area (Å²) in [6.45, 7) is 1.83. The maximum Gasteiger partial charge on any atom is 0.343 e. The number of carbonyl (C=O) groups is 1. The van der Waals surface area contributed by atoms with E-state index >= 15 is 0 Å². The molecule has 0 atom stereocenters. The third-order valence-corrected chi connectivity index (χ3v) is 2.21. The van der Waals surface area contributed by atoms with Gasteiger partial charge >= 0.3 is 5.97 Å². The van der Waals surface area contributed by atoms with E-state index in [0.29, 0.717) is 10.8 Å². The van der Waals surface area contributed by atoms with E-state index in [1.165, 1.54) is 14.2 Å². The van der Waals surface area contributed by atoms with Crippen LogP contribution in [0.5, 0.6) is 5.75 Å². The first-order chi connectivity index (χ1) is 6.61. The molecule has 1 rings (SSSR count). The molecule has 14 heavy (non-hydrogen) atoms. The monoisotopic (exact) mass is 214 g/mol. The highest BCUT2D eigenvalue weighted by atomic mass is 35.5. The van der Waals surface area contributed by atoms with Crippen LogP contribution in [0.1, 0.15) is 15.9 Å². The van der Waals surface area contributed by atoms with E-state index in [1.807, 2.05) is 6.92 Å². The highest BCUT2D eigenvalue weighted by Crippen LogP contribution is 2.30. The Hall–Kier alpha value is -1.22. The Balaban J connectivity index is 3.37. The van der Waals surface area contributed by atoms with Crippen molar-refractivity contribution < 1.29 is 14.3 Å². The summed E-state index contributed by atoms with van der Waals surface area (Å²) in [7, 11) is 2.80. The SMILES string of the molecule is COC(=O)c1c(Cl)ccc(C)c1OC. The number of benzene rings is 1. The van der Waals surface area contributed by atoms with Gasteiger partial charge in [-0.25, -0.2) is 4.79 Å². The fraction of sp³-hybridized carbons (Fsp3) is 0.300. The van der Waals surface area contributed by atoms with Crippen molar-refractivity contribution in [3.8, 4) is 5.75 Å². The molecule has 4 heteroatoms. The highest BCUT2D eigenvalue weighted by molar-refractivity contribution is 6.34. The lowest BCUT2D eigenvalue weighted by Gasteiger charge is -2.10. The Kier molecular flexibility index (Phi) is 3.36. The first-order valence-corrected chi connectivity index (χ1v) is 4.41. The van der Waals surface area contributed by atoms with Crippen LogP contribution in [0.4, 0.5) is 0 Å².